The Bertz CT molecular complexity index is 960. The number of aromatic nitrogens is 3. The summed E-state index contributed by atoms with van der Waals surface area (Å²) < 4.78 is 29.7. The molecule has 0 bridgehead atoms. The highest BCUT2D eigenvalue weighted by Gasteiger charge is 2.23. The lowest BCUT2D eigenvalue weighted by Crippen LogP contribution is -2.22. The van der Waals surface area contributed by atoms with Gasteiger partial charge in [-0.3, -0.25) is 9.67 Å². The van der Waals surface area contributed by atoms with Gasteiger partial charge in [-0.2, -0.15) is 5.10 Å². The largest absolute Gasteiger partial charge is 0.265 e. The third-order valence-corrected chi connectivity index (χ3v) is 7.43. The summed E-state index contributed by atoms with van der Waals surface area (Å²) in [5, 5.41) is 6.48. The van der Waals surface area contributed by atoms with Crippen molar-refractivity contribution < 1.29 is 8.42 Å². The van der Waals surface area contributed by atoms with Gasteiger partial charge in [0.15, 0.2) is 0 Å². The van der Waals surface area contributed by atoms with Crippen molar-refractivity contribution in [2.24, 2.45) is 0 Å². The van der Waals surface area contributed by atoms with Crippen molar-refractivity contribution in [2.75, 3.05) is 0 Å². The smallest absolute Gasteiger partial charge is 0.250 e. The highest BCUT2D eigenvalue weighted by molar-refractivity contribution is 7.91. The van der Waals surface area contributed by atoms with Crippen LogP contribution in [0.5, 0.6) is 0 Å². The van der Waals surface area contributed by atoms with Crippen LogP contribution in [0, 0.1) is 0 Å². The first-order valence-corrected chi connectivity index (χ1v) is 11.0. The van der Waals surface area contributed by atoms with E-state index in [2.05, 4.69) is 14.4 Å². The molecule has 3 aromatic rings. The average molecular weight is 389 g/mol. The van der Waals surface area contributed by atoms with Crippen LogP contribution in [0.25, 0.3) is 11.3 Å². The van der Waals surface area contributed by atoms with E-state index in [1.807, 2.05) is 18.2 Å². The van der Waals surface area contributed by atoms with Crippen LogP contribution >= 0.6 is 11.3 Å². The summed E-state index contributed by atoms with van der Waals surface area (Å²) >= 11 is 1.21. The Morgan fingerprint density at radius 3 is 2.65 bits per heavy atom. The normalized spacial score (nSPS) is 15.5. The monoisotopic (exact) mass is 388 g/mol. The molecule has 0 saturated heterocycles. The van der Waals surface area contributed by atoms with Crippen molar-refractivity contribution in [3.05, 3.63) is 53.8 Å². The standard InChI is InChI=1S/C18H20N4O2S2/c23-26(24,18-6-3-11-25-18)20-13-15-12-17(14-7-9-19-10-8-14)22(21-15)16-4-1-2-5-16/h3,6-12,16,20H,1-2,4-5,13H2. The van der Waals surface area contributed by atoms with E-state index in [0.29, 0.717) is 10.3 Å². The number of nitrogens with one attached hydrogen (secondary N) is 1. The van der Waals surface area contributed by atoms with Gasteiger partial charge < -0.3 is 0 Å². The molecule has 26 heavy (non-hydrogen) atoms. The molecule has 6 nitrogen and oxygen atoms in total. The molecule has 1 fully saturated rings. The van der Waals surface area contributed by atoms with Crippen molar-refractivity contribution in [3.63, 3.8) is 0 Å². The van der Waals surface area contributed by atoms with Gasteiger partial charge in [0, 0.05) is 18.0 Å². The van der Waals surface area contributed by atoms with Crippen LogP contribution in [0.1, 0.15) is 37.4 Å². The van der Waals surface area contributed by atoms with Crippen LogP contribution < -0.4 is 4.72 Å². The van der Waals surface area contributed by atoms with E-state index >= 15 is 0 Å². The molecule has 1 aliphatic rings. The van der Waals surface area contributed by atoms with Crippen LogP contribution in [0.4, 0.5) is 0 Å². The molecular weight excluding hydrogens is 368 g/mol. The van der Waals surface area contributed by atoms with E-state index in [4.69, 9.17) is 5.10 Å². The number of pyridine rings is 1. The van der Waals surface area contributed by atoms with Gasteiger partial charge in [-0.05, 0) is 42.5 Å². The Morgan fingerprint density at radius 2 is 1.96 bits per heavy atom. The molecule has 0 radical (unpaired) electrons. The Kier molecular flexibility index (Phi) is 4.88. The van der Waals surface area contributed by atoms with Crippen molar-refractivity contribution in [1.82, 2.24) is 19.5 Å². The quantitative estimate of drug-likeness (QED) is 0.700. The summed E-state index contributed by atoms with van der Waals surface area (Å²) in [5.41, 5.74) is 2.79. The van der Waals surface area contributed by atoms with Gasteiger partial charge in [-0.25, -0.2) is 13.1 Å². The summed E-state index contributed by atoms with van der Waals surface area (Å²) in [4.78, 5) is 4.08. The molecule has 0 amide bonds. The second kappa shape index (κ2) is 7.30. The van der Waals surface area contributed by atoms with Crippen molar-refractivity contribution in [3.8, 4) is 11.3 Å². The fraction of sp³-hybridized carbons (Fsp3) is 0.333. The van der Waals surface area contributed by atoms with Crippen LogP contribution in [0.3, 0.4) is 0 Å². The summed E-state index contributed by atoms with van der Waals surface area (Å²) in [6.07, 6.45) is 8.17. The zero-order valence-electron chi connectivity index (χ0n) is 14.2. The molecule has 0 atom stereocenters. The third-order valence-electron chi connectivity index (χ3n) is 4.64. The zero-order valence-corrected chi connectivity index (χ0v) is 15.8. The van der Waals surface area contributed by atoms with Crippen LogP contribution in [-0.4, -0.2) is 23.2 Å². The van der Waals surface area contributed by atoms with E-state index < -0.39 is 10.0 Å². The van der Waals surface area contributed by atoms with Gasteiger partial charge in [-0.1, -0.05) is 18.9 Å². The van der Waals surface area contributed by atoms with Crippen molar-refractivity contribution in [1.29, 1.82) is 0 Å². The second-order valence-electron chi connectivity index (χ2n) is 6.40. The molecule has 136 valence electrons. The Labute approximate surface area is 157 Å². The Balaban J connectivity index is 1.61. The van der Waals surface area contributed by atoms with Gasteiger partial charge in [0.2, 0.25) is 10.0 Å². The number of thiophene rings is 1. The van der Waals surface area contributed by atoms with Gasteiger partial charge in [-0.15, -0.1) is 11.3 Å². The highest BCUT2D eigenvalue weighted by atomic mass is 32.2. The van der Waals surface area contributed by atoms with Crippen LogP contribution in [0.15, 0.2) is 52.3 Å². The summed E-state index contributed by atoms with van der Waals surface area (Å²) in [6, 6.07) is 9.61. The second-order valence-corrected chi connectivity index (χ2v) is 9.34. The van der Waals surface area contributed by atoms with Crippen LogP contribution in [0.2, 0.25) is 0 Å². The molecule has 3 heterocycles. The topological polar surface area (TPSA) is 76.9 Å². The molecule has 1 saturated carbocycles. The molecule has 8 heteroatoms. The Hall–Kier alpha value is -2.03. The molecule has 0 aromatic carbocycles. The molecule has 1 aliphatic carbocycles. The fourth-order valence-electron chi connectivity index (χ4n) is 3.35. The van der Waals surface area contributed by atoms with Gasteiger partial charge in [0.25, 0.3) is 0 Å². The minimum absolute atomic E-state index is 0.179. The SMILES string of the molecule is O=S(=O)(NCc1cc(-c2ccncc2)n(C2CCCC2)n1)c1cccs1. The number of sulfonamides is 1. The molecule has 4 rings (SSSR count). The predicted molar refractivity (Wildman–Crippen MR) is 101 cm³/mol. The summed E-state index contributed by atoms with van der Waals surface area (Å²) in [5.74, 6) is 0. The van der Waals surface area contributed by atoms with Gasteiger partial charge in [0.05, 0.1) is 24.0 Å². The lowest BCUT2D eigenvalue weighted by atomic mass is 10.1. The molecule has 1 N–H and O–H groups in total. The lowest BCUT2D eigenvalue weighted by Gasteiger charge is -2.14. The summed E-state index contributed by atoms with van der Waals surface area (Å²) in [7, 11) is -3.49. The van der Waals surface area contributed by atoms with E-state index in [1.54, 1.807) is 29.9 Å². The first-order valence-electron chi connectivity index (χ1n) is 8.65. The van der Waals surface area contributed by atoms with E-state index in [9.17, 15) is 8.42 Å². The third kappa shape index (κ3) is 3.58. The highest BCUT2D eigenvalue weighted by Crippen LogP contribution is 2.33. The molecule has 0 spiro atoms. The Morgan fingerprint density at radius 1 is 1.19 bits per heavy atom. The maximum absolute atomic E-state index is 12.3. The van der Waals surface area contributed by atoms with E-state index in [-0.39, 0.29) is 6.54 Å². The predicted octanol–water partition coefficient (Wildman–Crippen LogP) is 3.60. The van der Waals surface area contributed by atoms with Gasteiger partial charge >= 0.3 is 0 Å². The number of hydrogen-bond acceptors (Lipinski definition) is 5. The molecular formula is C18H20N4O2S2. The molecule has 0 aliphatic heterocycles. The first-order chi connectivity index (χ1) is 12.6. The zero-order chi connectivity index (χ0) is 18.0. The number of rotatable bonds is 6. The van der Waals surface area contributed by atoms with Crippen LogP contribution in [-0.2, 0) is 16.6 Å². The maximum Gasteiger partial charge on any atom is 0.250 e. The number of nitrogens with zero attached hydrogens (tertiary/aromatic N) is 3. The first kappa shape index (κ1) is 17.4. The molecule has 3 aromatic heterocycles. The lowest BCUT2D eigenvalue weighted by molar-refractivity contribution is 0.467. The average Bonchev–Trinajstić information content (AvgIpc) is 3.42. The van der Waals surface area contributed by atoms with Crippen molar-refractivity contribution in [2.45, 2.75) is 42.5 Å². The van der Waals surface area contributed by atoms with Crippen molar-refractivity contribution >= 4 is 21.4 Å². The van der Waals surface area contributed by atoms with E-state index in [1.165, 1.54) is 24.2 Å². The minimum atomic E-state index is -3.49. The number of hydrogen-bond donors (Lipinski definition) is 1. The van der Waals surface area contributed by atoms with E-state index in [0.717, 1.165) is 29.8 Å². The summed E-state index contributed by atoms with van der Waals surface area (Å²) in [6.45, 7) is 0.179. The van der Waals surface area contributed by atoms with Gasteiger partial charge in [0.1, 0.15) is 4.21 Å². The molecule has 0 unspecified atom stereocenters. The fourth-order valence-corrected chi connectivity index (χ4v) is 5.39. The maximum atomic E-state index is 12.3. The minimum Gasteiger partial charge on any atom is -0.265 e.